The molecule has 1 saturated heterocycles. The van der Waals surface area contributed by atoms with Gasteiger partial charge in [0.1, 0.15) is 5.75 Å². The molecule has 0 aromatic heterocycles. The van der Waals surface area contributed by atoms with Crippen molar-refractivity contribution in [2.24, 2.45) is 5.92 Å². The van der Waals surface area contributed by atoms with Gasteiger partial charge >= 0.3 is 6.61 Å². The zero-order valence-electron chi connectivity index (χ0n) is 12.0. The molecule has 110 valence electrons. The maximum atomic E-state index is 12.3. The fraction of sp³-hybridized carbons (Fsp3) is 0.625. The fourth-order valence-electron chi connectivity index (χ4n) is 4.07. The minimum absolute atomic E-state index is 0.270. The van der Waals surface area contributed by atoms with Crippen LogP contribution in [0.5, 0.6) is 5.75 Å². The first kappa shape index (κ1) is 13.8. The predicted molar refractivity (Wildman–Crippen MR) is 74.2 cm³/mol. The molecular weight excluding hydrogens is 260 g/mol. The highest BCUT2D eigenvalue weighted by Gasteiger charge is 2.58. The summed E-state index contributed by atoms with van der Waals surface area (Å²) in [4.78, 5) is 2.46. The first-order chi connectivity index (χ1) is 9.56. The van der Waals surface area contributed by atoms with Crippen LogP contribution in [-0.2, 0) is 0 Å². The molecule has 0 N–H and O–H groups in total. The molecule has 1 unspecified atom stereocenters. The zero-order chi connectivity index (χ0) is 14.3. The van der Waals surface area contributed by atoms with Crippen LogP contribution in [0.2, 0.25) is 0 Å². The Hall–Kier alpha value is -1.16. The molecule has 1 aromatic rings. The van der Waals surface area contributed by atoms with Crippen LogP contribution >= 0.6 is 0 Å². The van der Waals surface area contributed by atoms with Gasteiger partial charge in [0, 0.05) is 18.0 Å². The van der Waals surface area contributed by atoms with E-state index in [4.69, 9.17) is 0 Å². The number of ether oxygens (including phenoxy) is 1. The molecule has 1 aliphatic carbocycles. The van der Waals surface area contributed by atoms with Crippen molar-refractivity contribution in [3.05, 3.63) is 29.8 Å². The Morgan fingerprint density at radius 1 is 1.40 bits per heavy atom. The molecule has 1 spiro atoms. The van der Waals surface area contributed by atoms with Gasteiger partial charge in [-0.25, -0.2) is 0 Å². The molecule has 0 bridgehead atoms. The van der Waals surface area contributed by atoms with E-state index in [1.165, 1.54) is 12.8 Å². The van der Waals surface area contributed by atoms with Crippen LogP contribution in [0.4, 0.5) is 8.78 Å². The number of nitrogens with zero attached hydrogens (tertiary/aromatic N) is 1. The maximum Gasteiger partial charge on any atom is 0.387 e. The lowest BCUT2D eigenvalue weighted by Gasteiger charge is -2.25. The van der Waals surface area contributed by atoms with Crippen LogP contribution in [0.1, 0.15) is 37.7 Å². The third kappa shape index (κ3) is 2.20. The number of alkyl halides is 2. The summed E-state index contributed by atoms with van der Waals surface area (Å²) in [6.07, 6.45) is 3.67. The lowest BCUT2D eigenvalue weighted by atomic mass is 9.82. The maximum absolute atomic E-state index is 12.3. The van der Waals surface area contributed by atoms with Gasteiger partial charge in [-0.3, -0.25) is 4.90 Å². The van der Waals surface area contributed by atoms with Gasteiger partial charge in [-0.15, -0.1) is 0 Å². The smallest absolute Gasteiger partial charge is 0.387 e. The molecule has 1 aliphatic heterocycles. The number of hydrogen-bond donors (Lipinski definition) is 0. The molecule has 1 aromatic carbocycles. The average Bonchev–Trinajstić information content (AvgIpc) is 3.13. The van der Waals surface area contributed by atoms with Crippen molar-refractivity contribution in [2.45, 2.75) is 44.3 Å². The topological polar surface area (TPSA) is 12.5 Å². The standard InChI is InChI=1S/C16H21F2NO/c1-3-14-13(10-19(2)16(14)7-8-16)11-5-4-6-12(9-11)20-15(17)18/h4-6,9,13-15H,3,7-8,10H2,1-2H3/t13?,14-/m1/s1. The number of likely N-dealkylation sites (tertiary alicyclic amines) is 1. The average molecular weight is 281 g/mol. The fourth-order valence-corrected chi connectivity index (χ4v) is 4.07. The monoisotopic (exact) mass is 281 g/mol. The number of likely N-dealkylation sites (N-methyl/N-ethyl adjacent to an activating group) is 1. The Labute approximate surface area is 118 Å². The highest BCUT2D eigenvalue weighted by molar-refractivity contribution is 5.34. The van der Waals surface area contributed by atoms with Crippen molar-refractivity contribution in [1.29, 1.82) is 0 Å². The second-order valence-electron chi connectivity index (χ2n) is 6.06. The van der Waals surface area contributed by atoms with Crippen LogP contribution in [0.15, 0.2) is 24.3 Å². The summed E-state index contributed by atoms with van der Waals surface area (Å²) >= 11 is 0. The van der Waals surface area contributed by atoms with E-state index in [0.717, 1.165) is 18.5 Å². The molecule has 3 rings (SSSR count). The third-order valence-corrected chi connectivity index (χ3v) is 5.12. The minimum Gasteiger partial charge on any atom is -0.435 e. The molecule has 20 heavy (non-hydrogen) atoms. The van der Waals surface area contributed by atoms with Crippen LogP contribution < -0.4 is 4.74 Å². The van der Waals surface area contributed by atoms with Crippen molar-refractivity contribution in [3.63, 3.8) is 0 Å². The van der Waals surface area contributed by atoms with Gasteiger partial charge in [0.2, 0.25) is 0 Å². The second kappa shape index (κ2) is 4.99. The van der Waals surface area contributed by atoms with Gasteiger partial charge in [-0.2, -0.15) is 8.78 Å². The summed E-state index contributed by atoms with van der Waals surface area (Å²) in [5.41, 5.74) is 1.50. The van der Waals surface area contributed by atoms with E-state index >= 15 is 0 Å². The lowest BCUT2D eigenvalue weighted by Crippen LogP contribution is -2.31. The van der Waals surface area contributed by atoms with Gasteiger partial charge in [0.05, 0.1) is 0 Å². The van der Waals surface area contributed by atoms with Gasteiger partial charge in [0.15, 0.2) is 0 Å². The number of hydrogen-bond acceptors (Lipinski definition) is 2. The number of halogens is 2. The Morgan fingerprint density at radius 2 is 2.15 bits per heavy atom. The van der Waals surface area contributed by atoms with Crippen LogP contribution in [0.25, 0.3) is 0 Å². The lowest BCUT2D eigenvalue weighted by molar-refractivity contribution is -0.0499. The number of rotatable bonds is 4. The van der Waals surface area contributed by atoms with E-state index in [1.54, 1.807) is 12.1 Å². The zero-order valence-corrected chi connectivity index (χ0v) is 12.0. The normalized spacial score (nSPS) is 28.2. The van der Waals surface area contributed by atoms with Crippen molar-refractivity contribution < 1.29 is 13.5 Å². The highest BCUT2D eigenvalue weighted by Crippen LogP contribution is 2.58. The molecule has 2 aliphatic rings. The Morgan fingerprint density at radius 3 is 2.75 bits per heavy atom. The Balaban J connectivity index is 1.85. The van der Waals surface area contributed by atoms with E-state index in [9.17, 15) is 8.78 Å². The molecule has 2 nitrogen and oxygen atoms in total. The number of benzene rings is 1. The molecule has 0 radical (unpaired) electrons. The summed E-state index contributed by atoms with van der Waals surface area (Å²) < 4.78 is 29.2. The molecule has 0 amide bonds. The van der Waals surface area contributed by atoms with E-state index in [1.807, 2.05) is 12.1 Å². The summed E-state index contributed by atoms with van der Waals surface area (Å²) in [6.45, 7) is 0.487. The van der Waals surface area contributed by atoms with Crippen LogP contribution in [-0.4, -0.2) is 30.6 Å². The third-order valence-electron chi connectivity index (χ3n) is 5.12. The summed E-state index contributed by atoms with van der Waals surface area (Å²) in [5.74, 6) is 1.31. The first-order valence-corrected chi connectivity index (χ1v) is 7.33. The van der Waals surface area contributed by atoms with Gasteiger partial charge < -0.3 is 4.74 Å². The molecule has 4 heteroatoms. The van der Waals surface area contributed by atoms with Crippen LogP contribution in [0.3, 0.4) is 0 Å². The minimum atomic E-state index is -2.76. The molecule has 1 saturated carbocycles. The molecule has 2 atom stereocenters. The van der Waals surface area contributed by atoms with Gasteiger partial charge in [0.25, 0.3) is 0 Å². The molecular formula is C16H21F2NO. The largest absolute Gasteiger partial charge is 0.435 e. The van der Waals surface area contributed by atoms with Gasteiger partial charge in [-0.05, 0) is 43.5 Å². The van der Waals surface area contributed by atoms with E-state index < -0.39 is 6.61 Å². The van der Waals surface area contributed by atoms with Crippen molar-refractivity contribution >= 4 is 0 Å². The molecule has 2 fully saturated rings. The quantitative estimate of drug-likeness (QED) is 0.830. The van der Waals surface area contributed by atoms with E-state index in [-0.39, 0.29) is 5.75 Å². The Bertz CT molecular complexity index is 487. The Kier molecular flexibility index (Phi) is 3.44. The molecule has 1 heterocycles. The second-order valence-corrected chi connectivity index (χ2v) is 6.06. The SMILES string of the molecule is CC[C@@H]1C(c2cccc(OC(F)F)c2)CN(C)C12CC2. The van der Waals surface area contributed by atoms with Gasteiger partial charge in [-0.1, -0.05) is 25.5 Å². The summed E-state index contributed by atoms with van der Waals surface area (Å²) in [7, 11) is 2.19. The highest BCUT2D eigenvalue weighted by atomic mass is 19.3. The van der Waals surface area contributed by atoms with Crippen LogP contribution in [0, 0.1) is 5.92 Å². The summed E-state index contributed by atoms with van der Waals surface area (Å²) in [5, 5.41) is 0. The summed E-state index contributed by atoms with van der Waals surface area (Å²) in [6, 6.07) is 7.25. The predicted octanol–water partition coefficient (Wildman–Crippen LogP) is 3.88. The van der Waals surface area contributed by atoms with E-state index in [0.29, 0.717) is 17.4 Å². The first-order valence-electron chi connectivity index (χ1n) is 7.33. The van der Waals surface area contributed by atoms with E-state index in [2.05, 4.69) is 23.6 Å². The van der Waals surface area contributed by atoms with Crippen molar-refractivity contribution in [3.8, 4) is 5.75 Å². The van der Waals surface area contributed by atoms with Crippen molar-refractivity contribution in [1.82, 2.24) is 4.90 Å². The van der Waals surface area contributed by atoms with Crippen molar-refractivity contribution in [2.75, 3.05) is 13.6 Å².